The molecular weight excluding hydrogens is 378 g/mol. The average molecular weight is 402 g/mol. The molecule has 0 spiro atoms. The van der Waals surface area contributed by atoms with Crippen LogP contribution in [0.25, 0.3) is 0 Å². The predicted molar refractivity (Wildman–Crippen MR) is 114 cm³/mol. The van der Waals surface area contributed by atoms with Crippen LogP contribution in [-0.2, 0) is 13.6 Å². The molecule has 3 aromatic rings. The molecule has 3 aromatic carbocycles. The molecule has 0 fully saturated rings. The minimum atomic E-state index is -3.65. The van der Waals surface area contributed by atoms with Crippen molar-refractivity contribution in [2.75, 3.05) is 14.2 Å². The average Bonchev–Trinajstić information content (AvgIpc) is 2.72. The van der Waals surface area contributed by atoms with E-state index in [9.17, 15) is 4.57 Å². The van der Waals surface area contributed by atoms with E-state index in [2.05, 4.69) is 101 Å². The van der Waals surface area contributed by atoms with E-state index in [1.165, 1.54) is 21.5 Å². The highest BCUT2D eigenvalue weighted by Gasteiger charge is 2.17. The minimum absolute atomic E-state index is 0.467. The van der Waals surface area contributed by atoms with Gasteiger partial charge < -0.3 is 4.89 Å². The molecule has 0 aromatic heterocycles. The number of phosphoric acid groups is 1. The van der Waals surface area contributed by atoms with Gasteiger partial charge in [0.2, 0.25) is 0 Å². The van der Waals surface area contributed by atoms with Crippen LogP contribution in [0.5, 0.6) is 0 Å². The van der Waals surface area contributed by atoms with Gasteiger partial charge in [-0.15, -0.1) is 0 Å². The van der Waals surface area contributed by atoms with Crippen LogP contribution in [0.3, 0.4) is 0 Å². The Morgan fingerprint density at radius 3 is 1.52 bits per heavy atom. The maximum atomic E-state index is 10.1. The smallest absolute Gasteiger partial charge is 0.303 e. The molecule has 27 heavy (non-hydrogen) atoms. The molecule has 4 nitrogen and oxygen atoms in total. The highest BCUT2D eigenvalue weighted by Crippen LogP contribution is 2.40. The highest BCUT2D eigenvalue weighted by atomic mass is 31.2. The molecule has 0 aliphatic heterocycles. The molecule has 0 aliphatic carbocycles. The molecule has 0 amide bonds. The fourth-order valence-corrected chi connectivity index (χ4v) is 5.08. The van der Waals surface area contributed by atoms with Gasteiger partial charge in [0, 0.05) is 14.2 Å². The number of aryl methyl sites for hydroxylation is 1. The van der Waals surface area contributed by atoms with Gasteiger partial charge in [-0.3, -0.25) is 9.05 Å². The van der Waals surface area contributed by atoms with Gasteiger partial charge in [-0.1, -0.05) is 84.9 Å². The summed E-state index contributed by atoms with van der Waals surface area (Å²) in [5, 5.41) is 4.26. The number of benzene rings is 3. The lowest BCUT2D eigenvalue weighted by Crippen LogP contribution is -2.22. The molecular formula is C21H24O4P2. The summed E-state index contributed by atoms with van der Waals surface area (Å²) in [6.07, 6.45) is 0. The molecule has 0 aliphatic rings. The molecule has 3 rings (SSSR count). The number of phosphoric ester groups is 1. The largest absolute Gasteiger partial charge is 0.471 e. The fraction of sp³-hybridized carbons (Fsp3) is 0.143. The van der Waals surface area contributed by atoms with E-state index in [1.807, 2.05) is 0 Å². The van der Waals surface area contributed by atoms with E-state index >= 15 is 0 Å². The zero-order valence-corrected chi connectivity index (χ0v) is 17.4. The third kappa shape index (κ3) is 6.39. The van der Waals surface area contributed by atoms with Crippen molar-refractivity contribution in [3.63, 3.8) is 0 Å². The van der Waals surface area contributed by atoms with Crippen LogP contribution in [0.15, 0.2) is 84.9 Å². The van der Waals surface area contributed by atoms with Crippen molar-refractivity contribution in [1.29, 1.82) is 0 Å². The maximum Gasteiger partial charge on any atom is 0.471 e. The molecule has 1 N–H and O–H groups in total. The Hall–Kier alpha value is -1.80. The van der Waals surface area contributed by atoms with Crippen molar-refractivity contribution < 1.29 is 18.5 Å². The van der Waals surface area contributed by atoms with Crippen molar-refractivity contribution in [2.24, 2.45) is 0 Å². The Morgan fingerprint density at radius 2 is 1.15 bits per heavy atom. The molecule has 6 heteroatoms. The van der Waals surface area contributed by atoms with Crippen LogP contribution >= 0.6 is 15.7 Å². The summed E-state index contributed by atoms with van der Waals surface area (Å²) in [6.45, 7) is 2.20. The summed E-state index contributed by atoms with van der Waals surface area (Å²) >= 11 is 0. The van der Waals surface area contributed by atoms with Crippen molar-refractivity contribution in [1.82, 2.24) is 0 Å². The lowest BCUT2D eigenvalue weighted by atomic mass is 10.2. The van der Waals surface area contributed by atoms with Gasteiger partial charge in [-0.2, -0.15) is 0 Å². The Bertz CT molecular complexity index is 822. The molecule has 0 heterocycles. The zero-order chi connectivity index (χ0) is 19.7. The first-order valence-corrected chi connectivity index (χ1v) is 11.2. The number of hydrogen-bond acceptors (Lipinski definition) is 3. The standard InChI is InChI=1S/C19H17P.C2H7O4P/c1-16-10-8-9-15-19(16)20(17-11-4-2-5-12-17)18-13-6-3-7-14-18;1-5-7(3,4)6-2/h2-15H,1H3;1-2H3,(H,3,4). The topological polar surface area (TPSA) is 55.8 Å². The molecule has 0 atom stereocenters. The Balaban J connectivity index is 0.000000321. The zero-order valence-electron chi connectivity index (χ0n) is 15.6. The monoisotopic (exact) mass is 402 g/mol. The summed E-state index contributed by atoms with van der Waals surface area (Å²) in [4.78, 5) is 8.24. The Morgan fingerprint density at radius 1 is 0.741 bits per heavy atom. The highest BCUT2D eigenvalue weighted by molar-refractivity contribution is 7.79. The van der Waals surface area contributed by atoms with Crippen LogP contribution in [-0.4, -0.2) is 19.1 Å². The summed E-state index contributed by atoms with van der Waals surface area (Å²) in [7, 11) is -1.92. The van der Waals surface area contributed by atoms with Gasteiger partial charge in [0.15, 0.2) is 0 Å². The fourth-order valence-electron chi connectivity index (χ4n) is 2.47. The van der Waals surface area contributed by atoms with Crippen LogP contribution in [0.1, 0.15) is 5.56 Å². The van der Waals surface area contributed by atoms with Crippen LogP contribution in [0, 0.1) is 6.92 Å². The van der Waals surface area contributed by atoms with Crippen LogP contribution in [0.2, 0.25) is 0 Å². The summed E-state index contributed by atoms with van der Waals surface area (Å²) in [6, 6.07) is 30.4. The summed E-state index contributed by atoms with van der Waals surface area (Å²) in [5.41, 5.74) is 1.37. The quantitative estimate of drug-likeness (QED) is 0.652. The number of rotatable bonds is 5. The normalized spacial score (nSPS) is 11.0. The SMILES string of the molecule is COP(=O)(O)OC.Cc1ccccc1P(c1ccccc1)c1ccccc1. The van der Waals surface area contributed by atoms with Crippen LogP contribution < -0.4 is 15.9 Å². The molecule has 0 unspecified atom stereocenters. The first-order valence-electron chi connectivity index (χ1n) is 8.38. The van der Waals surface area contributed by atoms with Crippen molar-refractivity contribution in [2.45, 2.75) is 6.92 Å². The second-order valence-electron chi connectivity index (χ2n) is 5.63. The lowest BCUT2D eigenvalue weighted by molar-refractivity contribution is 0.204. The molecule has 0 radical (unpaired) electrons. The van der Waals surface area contributed by atoms with Crippen molar-refractivity contribution in [3.05, 3.63) is 90.5 Å². The second kappa shape index (κ2) is 10.5. The van der Waals surface area contributed by atoms with Crippen molar-refractivity contribution >= 4 is 31.7 Å². The minimum Gasteiger partial charge on any atom is -0.303 e. The van der Waals surface area contributed by atoms with Crippen molar-refractivity contribution in [3.8, 4) is 0 Å². The molecule has 0 saturated carbocycles. The second-order valence-corrected chi connectivity index (χ2v) is 9.48. The number of hydrogen-bond donors (Lipinski definition) is 1. The van der Waals surface area contributed by atoms with Gasteiger partial charge in [0.1, 0.15) is 0 Å². The predicted octanol–water partition coefficient (Wildman–Crippen LogP) is 4.13. The van der Waals surface area contributed by atoms with Gasteiger partial charge >= 0.3 is 7.82 Å². The van der Waals surface area contributed by atoms with Gasteiger partial charge in [-0.25, -0.2) is 4.57 Å². The van der Waals surface area contributed by atoms with E-state index in [0.29, 0.717) is 0 Å². The molecule has 142 valence electrons. The van der Waals surface area contributed by atoms with E-state index in [1.54, 1.807) is 0 Å². The first kappa shape index (κ1) is 21.5. The molecule has 0 bridgehead atoms. The Kier molecular flexibility index (Phi) is 8.37. The van der Waals surface area contributed by atoms with E-state index in [4.69, 9.17) is 4.89 Å². The first-order chi connectivity index (χ1) is 13.0. The summed E-state index contributed by atoms with van der Waals surface area (Å²) < 4.78 is 18.0. The van der Waals surface area contributed by atoms with Gasteiger partial charge in [0.05, 0.1) is 0 Å². The third-order valence-corrected chi connectivity index (χ3v) is 7.38. The maximum absolute atomic E-state index is 10.1. The van der Waals surface area contributed by atoms with E-state index in [0.717, 1.165) is 14.2 Å². The van der Waals surface area contributed by atoms with E-state index < -0.39 is 15.7 Å². The van der Waals surface area contributed by atoms with Gasteiger partial charge in [-0.05, 0) is 36.3 Å². The molecule has 0 saturated heterocycles. The van der Waals surface area contributed by atoms with Crippen LogP contribution in [0.4, 0.5) is 0 Å². The summed E-state index contributed by atoms with van der Waals surface area (Å²) in [5.74, 6) is 0. The van der Waals surface area contributed by atoms with E-state index in [-0.39, 0.29) is 0 Å². The Labute approximate surface area is 162 Å². The lowest BCUT2D eigenvalue weighted by Gasteiger charge is -2.21. The van der Waals surface area contributed by atoms with Gasteiger partial charge in [0.25, 0.3) is 0 Å². The third-order valence-electron chi connectivity index (χ3n) is 3.85.